The van der Waals surface area contributed by atoms with Gasteiger partial charge < -0.3 is 10.2 Å². The molecule has 1 atom stereocenters. The first-order valence-corrected chi connectivity index (χ1v) is 9.41. The van der Waals surface area contributed by atoms with Crippen molar-refractivity contribution in [3.63, 3.8) is 0 Å². The average molecular weight is 373 g/mol. The van der Waals surface area contributed by atoms with Crippen LogP contribution in [0.15, 0.2) is 78.9 Å². The van der Waals surface area contributed by atoms with Crippen LogP contribution in [0.2, 0.25) is 0 Å². The Bertz CT molecular complexity index is 983. The van der Waals surface area contributed by atoms with Crippen LogP contribution in [-0.2, 0) is 10.3 Å². The lowest BCUT2D eigenvalue weighted by atomic mass is 9.78. The van der Waals surface area contributed by atoms with Gasteiger partial charge in [-0.1, -0.05) is 92.7 Å². The summed E-state index contributed by atoms with van der Waals surface area (Å²) in [6.45, 7) is 3.40. The van der Waals surface area contributed by atoms with Crippen LogP contribution in [0.25, 0.3) is 11.1 Å². The standard InChI is InChI=1S/C24H23NO3/c1-16(2)24(28,22(26)27)25-23(17-10-4-3-5-11-17)20-14-8-6-12-18(20)19-13-7-9-15-21(19)23/h3-16,25,28H,1-2H3,(H,26,27). The summed E-state index contributed by atoms with van der Waals surface area (Å²) >= 11 is 0. The number of nitrogens with one attached hydrogen (secondary N) is 1. The Morgan fingerprint density at radius 3 is 1.79 bits per heavy atom. The molecule has 28 heavy (non-hydrogen) atoms. The van der Waals surface area contributed by atoms with Crippen molar-refractivity contribution in [3.05, 3.63) is 95.6 Å². The molecule has 3 aromatic carbocycles. The first-order valence-electron chi connectivity index (χ1n) is 9.41. The van der Waals surface area contributed by atoms with E-state index in [0.717, 1.165) is 27.8 Å². The summed E-state index contributed by atoms with van der Waals surface area (Å²) < 4.78 is 0. The van der Waals surface area contributed by atoms with Gasteiger partial charge in [-0.15, -0.1) is 0 Å². The molecule has 3 N–H and O–H groups in total. The van der Waals surface area contributed by atoms with Crippen LogP contribution in [0.1, 0.15) is 30.5 Å². The van der Waals surface area contributed by atoms with E-state index in [9.17, 15) is 15.0 Å². The second-order valence-electron chi connectivity index (χ2n) is 7.56. The maximum absolute atomic E-state index is 12.1. The minimum absolute atomic E-state index is 0.550. The fraction of sp³-hybridized carbons (Fsp3) is 0.208. The van der Waals surface area contributed by atoms with E-state index in [2.05, 4.69) is 5.32 Å². The van der Waals surface area contributed by atoms with Crippen LogP contribution in [0.5, 0.6) is 0 Å². The predicted octanol–water partition coefficient (Wildman–Crippen LogP) is 3.98. The Kier molecular flexibility index (Phi) is 4.33. The normalized spacial score (nSPS) is 16.3. The van der Waals surface area contributed by atoms with E-state index in [-0.39, 0.29) is 0 Å². The van der Waals surface area contributed by atoms with Crippen LogP contribution < -0.4 is 5.32 Å². The molecule has 1 aliphatic rings. The van der Waals surface area contributed by atoms with Crippen LogP contribution in [-0.4, -0.2) is 21.9 Å². The molecule has 0 aliphatic heterocycles. The average Bonchev–Trinajstić information content (AvgIpc) is 2.99. The molecule has 0 fully saturated rings. The van der Waals surface area contributed by atoms with Crippen LogP contribution >= 0.6 is 0 Å². The van der Waals surface area contributed by atoms with E-state index in [1.165, 1.54) is 0 Å². The van der Waals surface area contributed by atoms with Crippen molar-refractivity contribution in [3.8, 4) is 11.1 Å². The van der Waals surface area contributed by atoms with E-state index in [4.69, 9.17) is 0 Å². The molecule has 4 rings (SSSR count). The van der Waals surface area contributed by atoms with E-state index in [0.29, 0.717) is 0 Å². The van der Waals surface area contributed by atoms with Gasteiger partial charge in [-0.2, -0.15) is 0 Å². The number of carboxylic acids is 1. The van der Waals surface area contributed by atoms with Gasteiger partial charge in [-0.05, 0) is 27.8 Å². The number of hydrogen-bond donors (Lipinski definition) is 3. The molecule has 0 radical (unpaired) electrons. The molecule has 1 aliphatic carbocycles. The van der Waals surface area contributed by atoms with E-state index >= 15 is 0 Å². The molecule has 0 heterocycles. The lowest BCUT2D eigenvalue weighted by Gasteiger charge is -2.41. The molecule has 0 amide bonds. The Balaban J connectivity index is 2.08. The molecular weight excluding hydrogens is 350 g/mol. The number of aliphatic carboxylic acids is 1. The molecule has 0 saturated carbocycles. The molecule has 3 aromatic rings. The minimum Gasteiger partial charge on any atom is -0.478 e. The second-order valence-corrected chi connectivity index (χ2v) is 7.56. The van der Waals surface area contributed by atoms with Crippen molar-refractivity contribution >= 4 is 5.97 Å². The highest BCUT2D eigenvalue weighted by molar-refractivity contribution is 5.84. The molecule has 0 bridgehead atoms. The van der Waals surface area contributed by atoms with Gasteiger partial charge in [0.25, 0.3) is 0 Å². The molecule has 4 nitrogen and oxygen atoms in total. The molecule has 0 spiro atoms. The first-order chi connectivity index (χ1) is 13.4. The van der Waals surface area contributed by atoms with Crippen molar-refractivity contribution < 1.29 is 15.0 Å². The molecule has 0 aromatic heterocycles. The largest absolute Gasteiger partial charge is 0.478 e. The highest BCUT2D eigenvalue weighted by Gasteiger charge is 2.52. The third-order valence-corrected chi connectivity index (χ3v) is 5.70. The Morgan fingerprint density at radius 2 is 1.32 bits per heavy atom. The van der Waals surface area contributed by atoms with Gasteiger partial charge in [0.15, 0.2) is 0 Å². The number of rotatable bonds is 5. The van der Waals surface area contributed by atoms with Gasteiger partial charge in [-0.3, -0.25) is 5.32 Å². The Hall–Kier alpha value is -2.95. The highest BCUT2D eigenvalue weighted by atomic mass is 16.4. The van der Waals surface area contributed by atoms with Crippen molar-refractivity contribution in [2.45, 2.75) is 25.1 Å². The van der Waals surface area contributed by atoms with E-state index in [1.807, 2.05) is 78.9 Å². The summed E-state index contributed by atoms with van der Waals surface area (Å²) in [6, 6.07) is 25.6. The highest BCUT2D eigenvalue weighted by Crippen LogP contribution is 2.51. The maximum Gasteiger partial charge on any atom is 0.351 e. The first kappa shape index (κ1) is 18.4. The lowest BCUT2D eigenvalue weighted by molar-refractivity contribution is -0.170. The second kappa shape index (κ2) is 6.59. The number of aliphatic hydroxyl groups is 1. The summed E-state index contributed by atoms with van der Waals surface area (Å²) in [5.74, 6) is -1.84. The van der Waals surface area contributed by atoms with Gasteiger partial charge in [0.1, 0.15) is 0 Å². The van der Waals surface area contributed by atoms with Gasteiger partial charge in [0, 0.05) is 5.92 Å². The number of fused-ring (bicyclic) bond motifs is 3. The van der Waals surface area contributed by atoms with Crippen LogP contribution in [0, 0.1) is 5.92 Å². The van der Waals surface area contributed by atoms with Gasteiger partial charge in [0.2, 0.25) is 5.72 Å². The Labute approximate surface area is 164 Å². The lowest BCUT2D eigenvalue weighted by Crippen LogP contribution is -2.63. The maximum atomic E-state index is 12.1. The molecule has 142 valence electrons. The number of hydrogen-bond acceptors (Lipinski definition) is 3. The zero-order valence-corrected chi connectivity index (χ0v) is 15.9. The number of carbonyl (C=O) groups is 1. The van der Waals surface area contributed by atoms with Crippen molar-refractivity contribution in [2.75, 3.05) is 0 Å². The van der Waals surface area contributed by atoms with Gasteiger partial charge in [0.05, 0.1) is 5.54 Å². The van der Waals surface area contributed by atoms with Crippen molar-refractivity contribution in [1.82, 2.24) is 5.32 Å². The fourth-order valence-electron chi connectivity index (χ4n) is 4.17. The zero-order chi connectivity index (χ0) is 19.9. The van der Waals surface area contributed by atoms with E-state index < -0.39 is 23.2 Å². The monoisotopic (exact) mass is 373 g/mol. The number of benzene rings is 3. The van der Waals surface area contributed by atoms with Crippen molar-refractivity contribution in [2.24, 2.45) is 5.92 Å². The molecular formula is C24H23NO3. The third kappa shape index (κ3) is 2.49. The smallest absolute Gasteiger partial charge is 0.351 e. The summed E-state index contributed by atoms with van der Waals surface area (Å²) in [7, 11) is 0. The predicted molar refractivity (Wildman–Crippen MR) is 109 cm³/mol. The molecule has 0 saturated heterocycles. The SMILES string of the molecule is CC(C)C(O)(NC1(c2ccccc2)c2ccccc2-c2ccccc21)C(=O)O. The summed E-state index contributed by atoms with van der Waals surface area (Å²) in [4.78, 5) is 12.1. The quantitative estimate of drug-likeness (QED) is 0.592. The number of carboxylic acid groups (broad SMARTS) is 1. The van der Waals surface area contributed by atoms with Crippen LogP contribution in [0.3, 0.4) is 0 Å². The summed E-state index contributed by atoms with van der Waals surface area (Å²) in [5.41, 5.74) is 1.72. The molecule has 4 heteroatoms. The Morgan fingerprint density at radius 1 is 0.857 bits per heavy atom. The van der Waals surface area contributed by atoms with Crippen LogP contribution in [0.4, 0.5) is 0 Å². The van der Waals surface area contributed by atoms with E-state index in [1.54, 1.807) is 13.8 Å². The van der Waals surface area contributed by atoms with Gasteiger partial charge in [-0.25, -0.2) is 4.79 Å². The summed E-state index contributed by atoms with van der Waals surface area (Å²) in [6.07, 6.45) is 0. The van der Waals surface area contributed by atoms with Gasteiger partial charge >= 0.3 is 5.97 Å². The van der Waals surface area contributed by atoms with Crippen molar-refractivity contribution in [1.29, 1.82) is 0 Å². The topological polar surface area (TPSA) is 69.6 Å². The molecule has 1 unspecified atom stereocenters. The fourth-order valence-corrected chi connectivity index (χ4v) is 4.17. The third-order valence-electron chi connectivity index (χ3n) is 5.70. The summed E-state index contributed by atoms with van der Waals surface area (Å²) in [5, 5.41) is 24.3. The minimum atomic E-state index is -2.11. The zero-order valence-electron chi connectivity index (χ0n) is 15.9.